The minimum absolute atomic E-state index is 0.0586. The second kappa shape index (κ2) is 5.61. The molecule has 0 fully saturated rings. The standard InChI is InChI=1S/C10H9BrF2OS/c11-5-8(14)4-7-3-6(10(12)13)1-2-9(7)15/h1-3,10,15H,4-5H2. The molecule has 0 saturated carbocycles. The number of hydrogen-bond donors (Lipinski definition) is 1. The number of carbonyl (C=O) groups is 1. The number of hydrogen-bond acceptors (Lipinski definition) is 2. The summed E-state index contributed by atoms with van der Waals surface area (Å²) in [4.78, 5) is 11.7. The third kappa shape index (κ3) is 3.57. The maximum absolute atomic E-state index is 12.4. The summed E-state index contributed by atoms with van der Waals surface area (Å²) >= 11 is 7.14. The highest BCUT2D eigenvalue weighted by Crippen LogP contribution is 2.24. The number of alkyl halides is 3. The number of benzene rings is 1. The minimum Gasteiger partial charge on any atom is -0.298 e. The topological polar surface area (TPSA) is 17.1 Å². The molecule has 0 aliphatic rings. The zero-order valence-corrected chi connectivity index (χ0v) is 10.2. The molecule has 0 unspecified atom stereocenters. The Morgan fingerprint density at radius 1 is 1.47 bits per heavy atom. The van der Waals surface area contributed by atoms with Crippen molar-refractivity contribution < 1.29 is 13.6 Å². The van der Waals surface area contributed by atoms with Crippen LogP contribution in [0.2, 0.25) is 0 Å². The minimum atomic E-state index is -2.52. The predicted molar refractivity (Wildman–Crippen MR) is 61.2 cm³/mol. The molecule has 0 saturated heterocycles. The Morgan fingerprint density at radius 3 is 2.67 bits per heavy atom. The molecule has 82 valence electrons. The lowest BCUT2D eigenvalue weighted by Crippen LogP contribution is -2.04. The monoisotopic (exact) mass is 294 g/mol. The zero-order chi connectivity index (χ0) is 11.4. The average molecular weight is 295 g/mol. The van der Waals surface area contributed by atoms with E-state index in [1.165, 1.54) is 18.2 Å². The molecule has 0 heterocycles. The Hall–Kier alpha value is -0.420. The summed E-state index contributed by atoms with van der Waals surface area (Å²) in [7, 11) is 0. The molecule has 5 heteroatoms. The van der Waals surface area contributed by atoms with Crippen LogP contribution in [0.1, 0.15) is 17.6 Å². The van der Waals surface area contributed by atoms with Crippen LogP contribution in [0.15, 0.2) is 23.1 Å². The molecule has 0 atom stereocenters. The van der Waals surface area contributed by atoms with Crippen LogP contribution in [0.25, 0.3) is 0 Å². The lowest BCUT2D eigenvalue weighted by molar-refractivity contribution is -0.115. The number of halogens is 3. The fourth-order valence-electron chi connectivity index (χ4n) is 1.14. The Kier molecular flexibility index (Phi) is 4.73. The molecule has 15 heavy (non-hydrogen) atoms. The van der Waals surface area contributed by atoms with Gasteiger partial charge >= 0.3 is 0 Å². The Labute approximate surface area is 100 Å². The van der Waals surface area contributed by atoms with Gasteiger partial charge < -0.3 is 0 Å². The van der Waals surface area contributed by atoms with Crippen LogP contribution in [0.5, 0.6) is 0 Å². The molecule has 0 aromatic heterocycles. The van der Waals surface area contributed by atoms with Crippen molar-refractivity contribution in [1.82, 2.24) is 0 Å². The van der Waals surface area contributed by atoms with Crippen molar-refractivity contribution in [1.29, 1.82) is 0 Å². The van der Waals surface area contributed by atoms with Crippen LogP contribution in [-0.4, -0.2) is 11.1 Å². The summed E-state index contributed by atoms with van der Waals surface area (Å²) in [5.74, 6) is -0.0586. The van der Waals surface area contributed by atoms with Gasteiger partial charge in [-0.25, -0.2) is 8.78 Å². The van der Waals surface area contributed by atoms with Crippen molar-refractivity contribution in [2.45, 2.75) is 17.7 Å². The lowest BCUT2D eigenvalue weighted by Gasteiger charge is -2.06. The number of ketones is 1. The molecule has 0 aliphatic carbocycles. The maximum atomic E-state index is 12.4. The normalized spacial score (nSPS) is 10.7. The summed E-state index contributed by atoms with van der Waals surface area (Å²) in [6.45, 7) is 0. The number of rotatable bonds is 4. The van der Waals surface area contributed by atoms with Crippen molar-refractivity contribution in [2.75, 3.05) is 5.33 Å². The van der Waals surface area contributed by atoms with E-state index in [1.807, 2.05) is 0 Å². The molecule has 0 aliphatic heterocycles. The number of Topliss-reactive ketones (excluding diaryl/α,β-unsaturated/α-hetero) is 1. The van der Waals surface area contributed by atoms with Crippen LogP contribution >= 0.6 is 28.6 Å². The average Bonchev–Trinajstić information content (AvgIpc) is 2.20. The van der Waals surface area contributed by atoms with Crippen LogP contribution < -0.4 is 0 Å². The number of carbonyl (C=O) groups excluding carboxylic acids is 1. The van der Waals surface area contributed by atoms with Gasteiger partial charge in [0.15, 0.2) is 0 Å². The van der Waals surface area contributed by atoms with Crippen LogP contribution in [0.3, 0.4) is 0 Å². The fourth-order valence-corrected chi connectivity index (χ4v) is 1.56. The predicted octanol–water partition coefficient (Wildman–Crippen LogP) is 3.42. The van der Waals surface area contributed by atoms with Gasteiger partial charge in [0.1, 0.15) is 5.78 Å². The highest BCUT2D eigenvalue weighted by molar-refractivity contribution is 9.09. The van der Waals surface area contributed by atoms with Gasteiger partial charge in [-0.3, -0.25) is 4.79 Å². The quantitative estimate of drug-likeness (QED) is 0.665. The Balaban J connectivity index is 2.95. The Bertz CT molecular complexity index is 368. The third-order valence-corrected chi connectivity index (χ3v) is 2.95. The van der Waals surface area contributed by atoms with Gasteiger partial charge in [-0.2, -0.15) is 0 Å². The summed E-state index contributed by atoms with van der Waals surface area (Å²) in [6, 6.07) is 4.13. The van der Waals surface area contributed by atoms with E-state index in [9.17, 15) is 13.6 Å². The summed E-state index contributed by atoms with van der Waals surface area (Å²) in [5.41, 5.74) is 0.464. The van der Waals surface area contributed by atoms with Gasteiger partial charge in [0.2, 0.25) is 0 Å². The van der Waals surface area contributed by atoms with E-state index >= 15 is 0 Å². The van der Waals surface area contributed by atoms with Gasteiger partial charge in [0.05, 0.1) is 5.33 Å². The molecule has 1 rings (SSSR count). The molecule has 1 aromatic rings. The second-order valence-corrected chi connectivity index (χ2v) is 4.08. The molecule has 0 bridgehead atoms. The second-order valence-electron chi connectivity index (χ2n) is 3.04. The maximum Gasteiger partial charge on any atom is 0.263 e. The van der Waals surface area contributed by atoms with Crippen molar-refractivity contribution in [2.24, 2.45) is 0 Å². The summed E-state index contributed by atoms with van der Waals surface area (Å²) in [5, 5.41) is 0.221. The summed E-state index contributed by atoms with van der Waals surface area (Å²) < 4.78 is 24.8. The number of thiol groups is 1. The van der Waals surface area contributed by atoms with E-state index in [4.69, 9.17) is 0 Å². The molecule has 0 N–H and O–H groups in total. The molecule has 0 amide bonds. The Morgan fingerprint density at radius 2 is 2.13 bits per heavy atom. The molecule has 0 spiro atoms. The first-order valence-corrected chi connectivity index (χ1v) is 5.79. The van der Waals surface area contributed by atoms with Gasteiger partial charge in [-0.05, 0) is 17.7 Å². The van der Waals surface area contributed by atoms with E-state index < -0.39 is 6.43 Å². The fraction of sp³-hybridized carbons (Fsp3) is 0.300. The lowest BCUT2D eigenvalue weighted by atomic mass is 10.1. The highest BCUT2D eigenvalue weighted by atomic mass is 79.9. The first-order valence-electron chi connectivity index (χ1n) is 4.22. The summed E-state index contributed by atoms with van der Waals surface area (Å²) in [6.07, 6.45) is -2.39. The van der Waals surface area contributed by atoms with Gasteiger partial charge in [-0.15, -0.1) is 12.6 Å². The third-order valence-electron chi connectivity index (χ3n) is 1.89. The van der Waals surface area contributed by atoms with E-state index in [0.29, 0.717) is 10.5 Å². The first kappa shape index (κ1) is 12.6. The van der Waals surface area contributed by atoms with E-state index in [-0.39, 0.29) is 23.1 Å². The van der Waals surface area contributed by atoms with Crippen molar-refractivity contribution in [3.8, 4) is 0 Å². The van der Waals surface area contributed by atoms with Crippen LogP contribution in [0.4, 0.5) is 8.78 Å². The highest BCUT2D eigenvalue weighted by Gasteiger charge is 2.11. The van der Waals surface area contributed by atoms with Crippen molar-refractivity contribution in [3.63, 3.8) is 0 Å². The van der Waals surface area contributed by atoms with Crippen LogP contribution in [0, 0.1) is 0 Å². The first-order chi connectivity index (χ1) is 7.04. The molecule has 1 nitrogen and oxygen atoms in total. The van der Waals surface area contributed by atoms with Gasteiger partial charge in [-0.1, -0.05) is 22.0 Å². The van der Waals surface area contributed by atoms with Crippen LogP contribution in [-0.2, 0) is 11.2 Å². The smallest absolute Gasteiger partial charge is 0.263 e. The van der Waals surface area contributed by atoms with Gasteiger partial charge in [0, 0.05) is 16.9 Å². The van der Waals surface area contributed by atoms with E-state index in [2.05, 4.69) is 28.6 Å². The molecule has 1 aromatic carbocycles. The van der Waals surface area contributed by atoms with Crippen molar-refractivity contribution in [3.05, 3.63) is 29.3 Å². The zero-order valence-electron chi connectivity index (χ0n) is 7.71. The van der Waals surface area contributed by atoms with E-state index in [0.717, 1.165) is 0 Å². The van der Waals surface area contributed by atoms with Crippen molar-refractivity contribution >= 4 is 34.3 Å². The van der Waals surface area contributed by atoms with Gasteiger partial charge in [0.25, 0.3) is 6.43 Å². The SMILES string of the molecule is O=C(CBr)Cc1cc(C(F)F)ccc1S. The molecule has 0 radical (unpaired) electrons. The molecular weight excluding hydrogens is 286 g/mol. The van der Waals surface area contributed by atoms with E-state index in [1.54, 1.807) is 0 Å². The molecular formula is C10H9BrF2OS. The largest absolute Gasteiger partial charge is 0.298 e.